The number of nitrogens with one attached hydrogen (secondary N) is 1. The highest BCUT2D eigenvalue weighted by Gasteiger charge is 2.44. The van der Waals surface area contributed by atoms with Crippen molar-refractivity contribution < 1.29 is 35.5 Å². The van der Waals surface area contributed by atoms with Gasteiger partial charge in [-0.05, 0) is 35.9 Å². The fraction of sp³-hybridized carbons (Fsp3) is 0.375. The Balaban J connectivity index is 1.80. The normalized spacial score (nSPS) is 16.6. The van der Waals surface area contributed by atoms with E-state index in [1.807, 2.05) is 0 Å². The van der Waals surface area contributed by atoms with E-state index >= 15 is 4.39 Å². The number of carbonyl (C=O) groups excluding carboxylic acids is 1. The molecule has 3 rings (SSSR count). The molecule has 2 aromatic carbocycles. The van der Waals surface area contributed by atoms with Crippen molar-refractivity contribution in [3.8, 4) is 22.6 Å². The Morgan fingerprint density at radius 2 is 1.69 bits per heavy atom. The molecule has 0 spiro atoms. The zero-order valence-corrected chi connectivity index (χ0v) is 21.9. The zero-order chi connectivity index (χ0) is 26.6. The first-order valence-corrected chi connectivity index (χ1v) is 14.5. The summed E-state index contributed by atoms with van der Waals surface area (Å²) in [5.74, 6) is 0.116. The molecule has 12 heteroatoms. The molecule has 36 heavy (non-hydrogen) atoms. The minimum Gasteiger partial charge on any atom is -0.497 e. The van der Waals surface area contributed by atoms with Crippen molar-refractivity contribution in [3.63, 3.8) is 0 Å². The number of carbonyl (C=O) groups is 1. The van der Waals surface area contributed by atoms with Crippen LogP contribution in [0.15, 0.2) is 58.8 Å². The smallest absolute Gasteiger partial charge is 0.258 e. The Kier molecular flexibility index (Phi) is 8.42. The van der Waals surface area contributed by atoms with E-state index in [1.165, 1.54) is 32.4 Å². The summed E-state index contributed by atoms with van der Waals surface area (Å²) in [7, 11) is -4.41. The van der Waals surface area contributed by atoms with E-state index in [1.54, 1.807) is 30.3 Å². The predicted octanol–water partition coefficient (Wildman–Crippen LogP) is 2.54. The SMILES string of the molecule is COc1cccc(-c2cc(OC)ccc2S(=O)(=O)N2CCC(F)(C(=O)NC/C=C/S(C)(=O)=O)CC2)c1. The van der Waals surface area contributed by atoms with E-state index in [4.69, 9.17) is 9.47 Å². The van der Waals surface area contributed by atoms with Gasteiger partial charge in [-0.25, -0.2) is 21.2 Å². The van der Waals surface area contributed by atoms with Crippen molar-refractivity contribution in [2.24, 2.45) is 0 Å². The van der Waals surface area contributed by atoms with Gasteiger partial charge >= 0.3 is 0 Å². The monoisotopic (exact) mass is 540 g/mol. The molecule has 9 nitrogen and oxygen atoms in total. The molecule has 1 heterocycles. The Bertz CT molecular complexity index is 1350. The molecule has 1 aliphatic rings. The van der Waals surface area contributed by atoms with Crippen LogP contribution in [0.2, 0.25) is 0 Å². The summed E-state index contributed by atoms with van der Waals surface area (Å²) < 4.78 is 76.4. The Labute approximate surface area is 210 Å². The zero-order valence-electron chi connectivity index (χ0n) is 20.2. The molecule has 0 unspecified atom stereocenters. The molecule has 0 aliphatic carbocycles. The first kappa shape index (κ1) is 27.6. The van der Waals surface area contributed by atoms with Gasteiger partial charge in [0.1, 0.15) is 11.5 Å². The van der Waals surface area contributed by atoms with Crippen LogP contribution in [-0.2, 0) is 24.7 Å². The molecular formula is C24H29FN2O7S2. The Morgan fingerprint density at radius 1 is 1.06 bits per heavy atom. The molecular weight excluding hydrogens is 511 g/mol. The molecule has 2 aromatic rings. The molecule has 0 bridgehead atoms. The van der Waals surface area contributed by atoms with Crippen LogP contribution in [0.4, 0.5) is 4.39 Å². The third-order valence-corrected chi connectivity index (χ3v) is 8.47. The van der Waals surface area contributed by atoms with Crippen LogP contribution < -0.4 is 14.8 Å². The number of hydrogen-bond donors (Lipinski definition) is 1. The Morgan fingerprint density at radius 3 is 2.31 bits per heavy atom. The van der Waals surface area contributed by atoms with E-state index < -0.39 is 31.4 Å². The van der Waals surface area contributed by atoms with E-state index in [9.17, 15) is 21.6 Å². The van der Waals surface area contributed by atoms with Gasteiger partial charge in [0, 0.05) is 49.7 Å². The number of piperidine rings is 1. The molecule has 1 N–H and O–H groups in total. The van der Waals surface area contributed by atoms with Crippen molar-refractivity contribution in [1.29, 1.82) is 0 Å². The molecule has 1 fully saturated rings. The number of benzene rings is 2. The van der Waals surface area contributed by atoms with E-state index in [0.29, 0.717) is 22.6 Å². The summed E-state index contributed by atoms with van der Waals surface area (Å²) in [5.41, 5.74) is -1.26. The quantitative estimate of drug-likeness (QED) is 0.519. The minimum atomic E-state index is -4.04. The number of hydrogen-bond acceptors (Lipinski definition) is 7. The summed E-state index contributed by atoms with van der Waals surface area (Å²) in [6, 6.07) is 11.5. The summed E-state index contributed by atoms with van der Waals surface area (Å²) in [6.07, 6.45) is 1.54. The van der Waals surface area contributed by atoms with Gasteiger partial charge in [-0.3, -0.25) is 4.79 Å². The standard InChI is InChI=1S/C24H29FN2O7S2/c1-33-19-7-4-6-18(16-19)21-17-20(34-2)8-9-22(21)36(31,32)27-13-10-24(25,11-14-27)23(28)26-12-5-15-35(3,29)30/h4-9,15-17H,10-14H2,1-3H3,(H,26,28)/b15-5+. The molecule has 0 atom stereocenters. The van der Waals surface area contributed by atoms with Crippen molar-refractivity contribution in [1.82, 2.24) is 9.62 Å². The second kappa shape index (κ2) is 11.0. The van der Waals surface area contributed by atoms with Crippen molar-refractivity contribution in [2.45, 2.75) is 23.4 Å². The van der Waals surface area contributed by atoms with Gasteiger partial charge in [0.05, 0.1) is 19.1 Å². The number of nitrogens with zero attached hydrogens (tertiary/aromatic N) is 1. The molecule has 196 valence electrons. The first-order valence-electron chi connectivity index (χ1n) is 11.1. The third-order valence-electron chi connectivity index (χ3n) is 5.83. The van der Waals surface area contributed by atoms with E-state index in [0.717, 1.165) is 16.0 Å². The molecule has 0 radical (unpaired) electrons. The summed E-state index contributed by atoms with van der Waals surface area (Å²) in [4.78, 5) is 12.4. The van der Waals surface area contributed by atoms with Crippen molar-refractivity contribution >= 4 is 25.8 Å². The van der Waals surface area contributed by atoms with Gasteiger partial charge in [0.2, 0.25) is 10.0 Å². The van der Waals surface area contributed by atoms with Crippen LogP contribution in [0.1, 0.15) is 12.8 Å². The topological polar surface area (TPSA) is 119 Å². The maximum atomic E-state index is 15.3. The summed E-state index contributed by atoms with van der Waals surface area (Å²) >= 11 is 0. The number of methoxy groups -OCH3 is 2. The molecule has 1 amide bonds. The molecule has 0 saturated carbocycles. The number of amides is 1. The number of sulfone groups is 1. The van der Waals surface area contributed by atoms with E-state index in [-0.39, 0.29) is 37.4 Å². The average Bonchev–Trinajstić information content (AvgIpc) is 2.85. The van der Waals surface area contributed by atoms with Crippen LogP contribution in [0.3, 0.4) is 0 Å². The van der Waals surface area contributed by atoms with Gasteiger partial charge in [-0.15, -0.1) is 0 Å². The number of alkyl halides is 1. The largest absolute Gasteiger partial charge is 0.497 e. The highest BCUT2D eigenvalue weighted by Crippen LogP contribution is 2.36. The molecule has 1 aliphatic heterocycles. The van der Waals surface area contributed by atoms with Crippen LogP contribution in [0.5, 0.6) is 11.5 Å². The fourth-order valence-corrected chi connectivity index (χ4v) is 5.94. The molecule has 0 aromatic heterocycles. The van der Waals surface area contributed by atoms with Gasteiger partial charge in [-0.2, -0.15) is 4.31 Å². The molecule has 1 saturated heterocycles. The lowest BCUT2D eigenvalue weighted by Crippen LogP contribution is -2.52. The summed E-state index contributed by atoms with van der Waals surface area (Å²) in [5, 5.41) is 3.26. The maximum Gasteiger partial charge on any atom is 0.258 e. The van der Waals surface area contributed by atoms with Gasteiger partial charge in [0.25, 0.3) is 5.91 Å². The second-order valence-electron chi connectivity index (χ2n) is 8.37. The van der Waals surface area contributed by atoms with Crippen LogP contribution >= 0.6 is 0 Å². The lowest BCUT2D eigenvalue weighted by molar-refractivity contribution is -0.135. The predicted molar refractivity (Wildman–Crippen MR) is 134 cm³/mol. The highest BCUT2D eigenvalue weighted by molar-refractivity contribution is 7.93. The van der Waals surface area contributed by atoms with Crippen molar-refractivity contribution in [2.75, 3.05) is 40.1 Å². The highest BCUT2D eigenvalue weighted by atomic mass is 32.2. The van der Waals surface area contributed by atoms with Gasteiger partial charge in [-0.1, -0.05) is 18.2 Å². The van der Waals surface area contributed by atoms with E-state index in [2.05, 4.69) is 5.32 Å². The lowest BCUT2D eigenvalue weighted by atomic mass is 9.93. The second-order valence-corrected chi connectivity index (χ2v) is 12.2. The first-order chi connectivity index (χ1) is 16.9. The van der Waals surface area contributed by atoms with Crippen LogP contribution in [0, 0.1) is 0 Å². The lowest BCUT2D eigenvalue weighted by Gasteiger charge is -2.35. The van der Waals surface area contributed by atoms with Gasteiger partial charge in [0.15, 0.2) is 15.5 Å². The average molecular weight is 541 g/mol. The van der Waals surface area contributed by atoms with Crippen molar-refractivity contribution in [3.05, 3.63) is 53.9 Å². The number of rotatable bonds is 9. The fourth-order valence-electron chi connectivity index (χ4n) is 3.86. The number of halogens is 1. The Hall–Kier alpha value is -2.96. The summed E-state index contributed by atoms with van der Waals surface area (Å²) in [6.45, 7) is -0.556. The third kappa shape index (κ3) is 6.42. The number of sulfonamides is 1. The maximum absolute atomic E-state index is 15.3. The van der Waals surface area contributed by atoms with Crippen LogP contribution in [-0.4, -0.2) is 72.8 Å². The van der Waals surface area contributed by atoms with Gasteiger partial charge < -0.3 is 14.8 Å². The van der Waals surface area contributed by atoms with Crippen LogP contribution in [0.25, 0.3) is 11.1 Å². The minimum absolute atomic E-state index is 0.0262. The number of ether oxygens (including phenoxy) is 2.